The molecule has 0 saturated heterocycles. The maximum Gasteiger partial charge on any atom is 0.472 e. The number of aliphatic hydroxyl groups excluding tert-OH is 4. The van der Waals surface area contributed by atoms with Crippen LogP contribution in [0.5, 0.6) is 0 Å². The summed E-state index contributed by atoms with van der Waals surface area (Å²) in [5, 5.41) is 38.7. The van der Waals surface area contributed by atoms with Gasteiger partial charge in [-0.05, 0) is 70.6 Å². The molecule has 1 unspecified atom stereocenters. The van der Waals surface area contributed by atoms with Crippen molar-refractivity contribution in [3.63, 3.8) is 0 Å². The first-order chi connectivity index (χ1) is 26.5. The Hall–Kier alpha value is -1.89. The van der Waals surface area contributed by atoms with Crippen LogP contribution in [0.3, 0.4) is 0 Å². The van der Waals surface area contributed by atoms with Gasteiger partial charge in [-0.1, -0.05) is 121 Å². The van der Waals surface area contributed by atoms with Crippen molar-refractivity contribution in [3.8, 4) is 0 Å². The molecule has 0 spiro atoms. The lowest BCUT2D eigenvalue weighted by Gasteiger charge is -2.20. The Balaban J connectivity index is 4.46. The van der Waals surface area contributed by atoms with Gasteiger partial charge in [0, 0.05) is 12.8 Å². The van der Waals surface area contributed by atoms with Gasteiger partial charge in [-0.15, -0.1) is 0 Å². The van der Waals surface area contributed by atoms with E-state index in [-0.39, 0.29) is 19.4 Å². The van der Waals surface area contributed by atoms with E-state index in [1.165, 1.54) is 32.1 Å². The largest absolute Gasteiger partial charge is 0.472 e. The first-order valence-electron chi connectivity index (χ1n) is 21.1. The summed E-state index contributed by atoms with van der Waals surface area (Å²) in [6.45, 7) is 2.09. The molecule has 0 aliphatic rings. The number of phosphoric acid groups is 1. The molecule has 0 radical (unpaired) electrons. The molecule has 0 amide bonds. The maximum absolute atomic E-state index is 12.6. The van der Waals surface area contributed by atoms with Crippen LogP contribution in [-0.2, 0) is 32.7 Å². The second-order valence-corrected chi connectivity index (χ2v) is 15.8. The van der Waals surface area contributed by atoms with E-state index in [1.807, 2.05) is 6.08 Å². The average molecular weight is 805 g/mol. The van der Waals surface area contributed by atoms with Gasteiger partial charge in [0.25, 0.3) is 0 Å². The SMILES string of the molecule is CCCCC/C=C\C/C=C\CCCCCCCC(=O)O[C@H](COC(=O)CCCCCCC[C@@H](O)[C@H](O)C/C=C\CCCCC)COP(=O)(O)OC[C@@H](O)CO. The number of esters is 2. The molecule has 0 bridgehead atoms. The van der Waals surface area contributed by atoms with E-state index < -0.39 is 64.0 Å². The molecule has 0 aromatic carbocycles. The zero-order chi connectivity index (χ0) is 40.8. The lowest BCUT2D eigenvalue weighted by atomic mass is 10.0. The smallest absolute Gasteiger partial charge is 0.462 e. The Labute approximate surface area is 332 Å². The lowest BCUT2D eigenvalue weighted by Crippen LogP contribution is -2.29. The van der Waals surface area contributed by atoms with Crippen LogP contribution in [-0.4, -0.2) is 88.1 Å². The van der Waals surface area contributed by atoms with Crippen molar-refractivity contribution in [1.82, 2.24) is 0 Å². The molecular weight excluding hydrogens is 727 g/mol. The zero-order valence-electron chi connectivity index (χ0n) is 34.1. The number of ether oxygens (including phenoxy) is 2. The average Bonchev–Trinajstić information content (AvgIpc) is 3.17. The van der Waals surface area contributed by atoms with Gasteiger partial charge in [-0.2, -0.15) is 0 Å². The monoisotopic (exact) mass is 805 g/mol. The first-order valence-corrected chi connectivity index (χ1v) is 22.6. The van der Waals surface area contributed by atoms with Gasteiger partial charge in [0.2, 0.25) is 0 Å². The number of carbonyl (C=O) groups excluding carboxylic acids is 2. The van der Waals surface area contributed by atoms with Crippen molar-refractivity contribution in [2.24, 2.45) is 0 Å². The van der Waals surface area contributed by atoms with Gasteiger partial charge >= 0.3 is 19.8 Å². The van der Waals surface area contributed by atoms with E-state index in [9.17, 15) is 34.4 Å². The van der Waals surface area contributed by atoms with E-state index in [0.29, 0.717) is 25.7 Å². The predicted molar refractivity (Wildman–Crippen MR) is 217 cm³/mol. The van der Waals surface area contributed by atoms with Gasteiger partial charge in [0.05, 0.1) is 32.0 Å². The van der Waals surface area contributed by atoms with Crippen molar-refractivity contribution in [3.05, 3.63) is 36.5 Å². The lowest BCUT2D eigenvalue weighted by molar-refractivity contribution is -0.161. The summed E-state index contributed by atoms with van der Waals surface area (Å²) in [6.07, 6.45) is 29.9. The van der Waals surface area contributed by atoms with E-state index >= 15 is 0 Å². The maximum atomic E-state index is 12.6. The van der Waals surface area contributed by atoms with Crippen LogP contribution in [0.2, 0.25) is 0 Å². The highest BCUT2D eigenvalue weighted by atomic mass is 31.2. The van der Waals surface area contributed by atoms with Crippen molar-refractivity contribution < 1.29 is 58.0 Å². The number of rotatable bonds is 39. The molecule has 0 fully saturated rings. The van der Waals surface area contributed by atoms with Gasteiger partial charge < -0.3 is 34.8 Å². The third kappa shape index (κ3) is 36.2. The molecular formula is C42H77O12P. The highest BCUT2D eigenvalue weighted by Crippen LogP contribution is 2.43. The fourth-order valence-corrected chi connectivity index (χ4v) is 6.31. The van der Waals surface area contributed by atoms with Crippen molar-refractivity contribution in [1.29, 1.82) is 0 Å². The molecule has 0 aliphatic carbocycles. The fourth-order valence-electron chi connectivity index (χ4n) is 5.52. The second-order valence-electron chi connectivity index (χ2n) is 14.3. The third-order valence-electron chi connectivity index (χ3n) is 8.97. The summed E-state index contributed by atoms with van der Waals surface area (Å²) in [4.78, 5) is 35.0. The molecule has 0 aromatic rings. The van der Waals surface area contributed by atoms with Crippen LogP contribution >= 0.6 is 7.82 Å². The Morgan fingerprint density at radius 2 is 1.11 bits per heavy atom. The van der Waals surface area contributed by atoms with Crippen LogP contribution in [0.4, 0.5) is 0 Å². The molecule has 0 heterocycles. The fraction of sp³-hybridized carbons (Fsp3) is 0.810. The molecule has 55 heavy (non-hydrogen) atoms. The minimum Gasteiger partial charge on any atom is -0.462 e. The van der Waals surface area contributed by atoms with E-state index in [4.69, 9.17) is 19.1 Å². The van der Waals surface area contributed by atoms with Crippen molar-refractivity contribution in [2.75, 3.05) is 26.4 Å². The Morgan fingerprint density at radius 1 is 0.600 bits per heavy atom. The number of hydrogen-bond donors (Lipinski definition) is 5. The summed E-state index contributed by atoms with van der Waals surface area (Å²) in [5.41, 5.74) is 0. The minimum atomic E-state index is -4.65. The highest BCUT2D eigenvalue weighted by Gasteiger charge is 2.27. The second kappa shape index (κ2) is 37.7. The molecule has 0 aromatic heterocycles. The minimum absolute atomic E-state index is 0.136. The third-order valence-corrected chi connectivity index (χ3v) is 9.92. The van der Waals surface area contributed by atoms with E-state index in [0.717, 1.165) is 83.5 Å². The summed E-state index contributed by atoms with van der Waals surface area (Å²) in [5.74, 6) is -1.05. The van der Waals surface area contributed by atoms with Gasteiger partial charge in [-0.3, -0.25) is 18.6 Å². The Kier molecular flexibility index (Phi) is 36.4. The predicted octanol–water partition coefficient (Wildman–Crippen LogP) is 8.72. The number of phosphoric ester groups is 1. The van der Waals surface area contributed by atoms with Gasteiger partial charge in [0.15, 0.2) is 6.10 Å². The quantitative estimate of drug-likeness (QED) is 0.0172. The number of allylic oxidation sites excluding steroid dienone is 5. The van der Waals surface area contributed by atoms with Crippen LogP contribution in [0.1, 0.15) is 168 Å². The molecule has 5 N–H and O–H groups in total. The number of aliphatic hydroxyl groups is 4. The van der Waals surface area contributed by atoms with Crippen LogP contribution < -0.4 is 0 Å². The number of carbonyl (C=O) groups is 2. The summed E-state index contributed by atoms with van der Waals surface area (Å²) in [7, 11) is -4.65. The Bertz CT molecular complexity index is 1050. The van der Waals surface area contributed by atoms with E-state index in [1.54, 1.807) is 0 Å². The molecule has 0 aliphatic heterocycles. The molecule has 12 nitrogen and oxygen atoms in total. The number of unbranched alkanes of at least 4 members (excludes halogenated alkanes) is 15. The highest BCUT2D eigenvalue weighted by molar-refractivity contribution is 7.47. The molecule has 322 valence electrons. The number of hydrogen-bond acceptors (Lipinski definition) is 11. The molecule has 0 rings (SSSR count). The van der Waals surface area contributed by atoms with Gasteiger partial charge in [0.1, 0.15) is 12.7 Å². The van der Waals surface area contributed by atoms with Crippen LogP contribution in [0.15, 0.2) is 36.5 Å². The zero-order valence-corrected chi connectivity index (χ0v) is 35.0. The first kappa shape index (κ1) is 53.1. The standard InChI is InChI=1S/C42H77O12P/c1-3-5-7-9-11-12-13-14-15-16-17-18-19-23-28-32-42(48)54-38(36-53-55(49,50)52-34-37(44)33-43)35-51-41(47)31-27-24-20-22-26-30-40(46)39(45)29-25-21-10-8-6-4-2/h11-12,14-15,21,25,37-40,43-46H,3-10,13,16-20,22-24,26-36H2,1-2H3,(H,49,50)/b12-11-,15-14-,25-21-/t37-,38+,39+,40+/m0/s1. The van der Waals surface area contributed by atoms with Crippen LogP contribution in [0, 0.1) is 0 Å². The topological polar surface area (TPSA) is 189 Å². The molecule has 0 saturated carbocycles. The van der Waals surface area contributed by atoms with Crippen molar-refractivity contribution >= 4 is 19.8 Å². The van der Waals surface area contributed by atoms with Gasteiger partial charge in [-0.25, -0.2) is 4.57 Å². The summed E-state index contributed by atoms with van der Waals surface area (Å²) >= 11 is 0. The summed E-state index contributed by atoms with van der Waals surface area (Å²) in [6, 6.07) is 0. The van der Waals surface area contributed by atoms with Crippen molar-refractivity contribution in [2.45, 2.75) is 192 Å². The molecule has 5 atom stereocenters. The van der Waals surface area contributed by atoms with Crippen LogP contribution in [0.25, 0.3) is 0 Å². The summed E-state index contributed by atoms with van der Waals surface area (Å²) < 4.78 is 32.6. The normalized spacial score (nSPS) is 15.4. The Morgan fingerprint density at radius 3 is 1.71 bits per heavy atom. The van der Waals surface area contributed by atoms with E-state index in [2.05, 4.69) is 48.8 Å². The molecule has 13 heteroatoms.